The summed E-state index contributed by atoms with van der Waals surface area (Å²) < 4.78 is 5.49. The summed E-state index contributed by atoms with van der Waals surface area (Å²) in [7, 11) is 0. The zero-order chi connectivity index (χ0) is 7.19. The van der Waals surface area contributed by atoms with Crippen LogP contribution in [0.15, 0.2) is 0 Å². The van der Waals surface area contributed by atoms with Crippen molar-refractivity contribution in [1.29, 1.82) is 0 Å². The Kier molecular flexibility index (Phi) is 1.31. The Labute approximate surface area is 62.8 Å². The molecule has 2 bridgehead atoms. The summed E-state index contributed by atoms with van der Waals surface area (Å²) >= 11 is 0. The highest BCUT2D eigenvalue weighted by molar-refractivity contribution is 4.91. The summed E-state index contributed by atoms with van der Waals surface area (Å²) in [6, 6.07) is 0. The summed E-state index contributed by atoms with van der Waals surface area (Å²) in [5.74, 6) is 1.74. The summed E-state index contributed by atoms with van der Waals surface area (Å²) in [5.41, 5.74) is 0.571. The fourth-order valence-electron chi connectivity index (χ4n) is 2.51. The smallest absolute Gasteiger partial charge is 0.0499 e. The second-order valence-electron chi connectivity index (χ2n) is 4.53. The molecule has 1 heteroatoms. The second-order valence-corrected chi connectivity index (χ2v) is 4.53. The Balaban J connectivity index is 2.15. The first kappa shape index (κ1) is 6.66. The van der Waals surface area contributed by atoms with Crippen LogP contribution in [0.1, 0.15) is 26.7 Å². The molecule has 1 nitrogen and oxygen atoms in total. The van der Waals surface area contributed by atoms with Crippen LogP contribution in [-0.4, -0.2) is 13.2 Å². The molecule has 2 atom stereocenters. The van der Waals surface area contributed by atoms with Crippen molar-refractivity contribution in [3.63, 3.8) is 0 Å². The molecule has 0 spiro atoms. The van der Waals surface area contributed by atoms with Crippen LogP contribution in [-0.2, 0) is 4.74 Å². The van der Waals surface area contributed by atoms with Crippen LogP contribution in [0, 0.1) is 17.3 Å². The van der Waals surface area contributed by atoms with Crippen molar-refractivity contribution >= 4 is 0 Å². The van der Waals surface area contributed by atoms with Crippen molar-refractivity contribution in [3.05, 3.63) is 0 Å². The molecule has 10 heavy (non-hydrogen) atoms. The van der Waals surface area contributed by atoms with Crippen LogP contribution in [0.5, 0.6) is 0 Å². The van der Waals surface area contributed by atoms with E-state index in [1.165, 1.54) is 12.8 Å². The third-order valence-corrected chi connectivity index (χ3v) is 3.21. The highest BCUT2D eigenvalue weighted by Crippen LogP contribution is 2.48. The van der Waals surface area contributed by atoms with Crippen LogP contribution in [0.2, 0.25) is 0 Å². The van der Waals surface area contributed by atoms with Gasteiger partial charge in [-0.05, 0) is 30.1 Å². The Bertz CT molecular complexity index is 140. The van der Waals surface area contributed by atoms with Crippen molar-refractivity contribution in [2.45, 2.75) is 26.7 Å². The van der Waals surface area contributed by atoms with E-state index in [9.17, 15) is 0 Å². The molecule has 1 aliphatic heterocycles. The lowest BCUT2D eigenvalue weighted by Crippen LogP contribution is -2.23. The van der Waals surface area contributed by atoms with Gasteiger partial charge in [-0.3, -0.25) is 0 Å². The number of hydrogen-bond donors (Lipinski definition) is 0. The number of ether oxygens (including phenoxy) is 1. The summed E-state index contributed by atoms with van der Waals surface area (Å²) in [6.45, 7) is 6.81. The average molecular weight is 140 g/mol. The Morgan fingerprint density at radius 2 is 2.10 bits per heavy atom. The van der Waals surface area contributed by atoms with Gasteiger partial charge in [-0.25, -0.2) is 0 Å². The van der Waals surface area contributed by atoms with Crippen LogP contribution >= 0.6 is 0 Å². The molecule has 1 saturated carbocycles. The van der Waals surface area contributed by atoms with Crippen molar-refractivity contribution in [2.24, 2.45) is 17.3 Å². The molecule has 0 aromatic heterocycles. The third-order valence-electron chi connectivity index (χ3n) is 3.21. The zero-order valence-electron chi connectivity index (χ0n) is 6.89. The van der Waals surface area contributed by atoms with Crippen LogP contribution in [0.25, 0.3) is 0 Å². The van der Waals surface area contributed by atoms with E-state index in [-0.39, 0.29) is 0 Å². The maximum absolute atomic E-state index is 5.49. The van der Waals surface area contributed by atoms with Gasteiger partial charge >= 0.3 is 0 Å². The zero-order valence-corrected chi connectivity index (χ0v) is 6.89. The van der Waals surface area contributed by atoms with Crippen molar-refractivity contribution in [3.8, 4) is 0 Å². The lowest BCUT2D eigenvalue weighted by molar-refractivity contribution is 0.0330. The fourth-order valence-corrected chi connectivity index (χ4v) is 2.51. The highest BCUT2D eigenvalue weighted by Gasteiger charge is 2.42. The number of fused-ring (bicyclic) bond motifs is 2. The van der Waals surface area contributed by atoms with Gasteiger partial charge in [0.15, 0.2) is 0 Å². The topological polar surface area (TPSA) is 9.23 Å². The molecular weight excluding hydrogens is 124 g/mol. The maximum atomic E-state index is 5.49. The molecule has 0 aromatic carbocycles. The first-order valence-electron chi connectivity index (χ1n) is 4.26. The van der Waals surface area contributed by atoms with Crippen molar-refractivity contribution in [2.75, 3.05) is 13.2 Å². The van der Waals surface area contributed by atoms with Crippen LogP contribution < -0.4 is 0 Å². The Hall–Kier alpha value is -0.0400. The molecule has 2 aliphatic rings. The molecule has 0 amide bonds. The predicted octanol–water partition coefficient (Wildman–Crippen LogP) is 2.07. The van der Waals surface area contributed by atoms with Gasteiger partial charge in [0.1, 0.15) is 0 Å². The average Bonchev–Trinajstić information content (AvgIpc) is 2.04. The summed E-state index contributed by atoms with van der Waals surface area (Å²) in [5, 5.41) is 0. The molecule has 0 N–H and O–H groups in total. The van der Waals surface area contributed by atoms with E-state index in [1.807, 2.05) is 0 Å². The Morgan fingerprint density at radius 3 is 2.70 bits per heavy atom. The molecule has 1 aliphatic carbocycles. The van der Waals surface area contributed by atoms with Crippen molar-refractivity contribution in [1.82, 2.24) is 0 Å². The van der Waals surface area contributed by atoms with E-state index < -0.39 is 0 Å². The summed E-state index contributed by atoms with van der Waals surface area (Å²) in [6.07, 6.45) is 2.81. The van der Waals surface area contributed by atoms with E-state index in [0.29, 0.717) is 5.41 Å². The van der Waals surface area contributed by atoms with Crippen LogP contribution in [0.3, 0.4) is 0 Å². The molecule has 58 valence electrons. The van der Waals surface area contributed by atoms with Gasteiger partial charge in [0.05, 0.1) is 0 Å². The monoisotopic (exact) mass is 140 g/mol. The molecule has 1 heterocycles. The largest absolute Gasteiger partial charge is 0.381 e. The quantitative estimate of drug-likeness (QED) is 0.500. The molecule has 2 rings (SSSR count). The van der Waals surface area contributed by atoms with E-state index >= 15 is 0 Å². The Morgan fingerprint density at radius 1 is 1.30 bits per heavy atom. The lowest BCUT2D eigenvalue weighted by atomic mass is 9.82. The molecule has 0 radical (unpaired) electrons. The van der Waals surface area contributed by atoms with Crippen molar-refractivity contribution < 1.29 is 4.74 Å². The van der Waals surface area contributed by atoms with Gasteiger partial charge in [-0.15, -0.1) is 0 Å². The van der Waals surface area contributed by atoms with E-state index in [2.05, 4.69) is 13.8 Å². The van der Waals surface area contributed by atoms with Gasteiger partial charge in [-0.1, -0.05) is 13.8 Å². The SMILES string of the molecule is CC1(C)CC2COCC1C2. The van der Waals surface area contributed by atoms with Gasteiger partial charge < -0.3 is 4.74 Å². The van der Waals surface area contributed by atoms with E-state index in [4.69, 9.17) is 4.74 Å². The first-order valence-corrected chi connectivity index (χ1v) is 4.26. The minimum Gasteiger partial charge on any atom is -0.381 e. The minimum atomic E-state index is 0.571. The van der Waals surface area contributed by atoms with E-state index in [1.54, 1.807) is 0 Å². The molecule has 0 aromatic rings. The van der Waals surface area contributed by atoms with E-state index in [0.717, 1.165) is 25.0 Å². The van der Waals surface area contributed by atoms with Gasteiger partial charge in [0.25, 0.3) is 0 Å². The molecular formula is C9H16O. The maximum Gasteiger partial charge on any atom is 0.0499 e. The molecule has 2 fully saturated rings. The van der Waals surface area contributed by atoms with Gasteiger partial charge in [-0.2, -0.15) is 0 Å². The number of hydrogen-bond acceptors (Lipinski definition) is 1. The fraction of sp³-hybridized carbons (Fsp3) is 1.00. The van der Waals surface area contributed by atoms with Gasteiger partial charge in [0, 0.05) is 13.2 Å². The normalized spacial score (nSPS) is 43.8. The lowest BCUT2D eigenvalue weighted by Gasteiger charge is -2.26. The van der Waals surface area contributed by atoms with Crippen LogP contribution in [0.4, 0.5) is 0 Å². The predicted molar refractivity (Wildman–Crippen MR) is 40.8 cm³/mol. The summed E-state index contributed by atoms with van der Waals surface area (Å²) in [4.78, 5) is 0. The molecule has 1 saturated heterocycles. The third kappa shape index (κ3) is 0.878. The molecule has 2 unspecified atom stereocenters. The first-order chi connectivity index (χ1) is 4.68. The number of rotatable bonds is 0. The second kappa shape index (κ2) is 1.97. The standard InChI is InChI=1S/C9H16O/c1-9(2)4-7-3-8(9)6-10-5-7/h7-8H,3-6H2,1-2H3. The van der Waals surface area contributed by atoms with Gasteiger partial charge in [0.2, 0.25) is 0 Å². The highest BCUT2D eigenvalue weighted by atomic mass is 16.5. The minimum absolute atomic E-state index is 0.571.